The summed E-state index contributed by atoms with van der Waals surface area (Å²) in [6.45, 7) is 5.29. The summed E-state index contributed by atoms with van der Waals surface area (Å²) in [5.41, 5.74) is 3.28. The SMILES string of the molecule is C#Cc1c(F)ccc2cc(O)cc(-c3cnc4c(N5CC6CCC(C5)N6)nc(OC[C@@]56CCCN5CC(F)C6)nc4c3CC)c12. The summed E-state index contributed by atoms with van der Waals surface area (Å²) in [5, 5.41) is 15.6. The van der Waals surface area contributed by atoms with Gasteiger partial charge in [-0.05, 0) is 73.4 Å². The average Bonchev–Trinajstić information content (AvgIpc) is 3.68. The second-order valence-electron chi connectivity index (χ2n) is 13.1. The standard InChI is InChI=1S/C35H36F2N6O2/c1-3-25-28(27-13-24(44)12-20-6-9-29(37)26(4-2)30(20)27)15-38-32-31(25)40-34(41-33(32)42-17-22-7-8-23(18-42)39-22)45-19-35-10-5-11-43(35)16-21(36)14-35/h2,6,9,12-13,15,21-23,39,44H,3,5,7-8,10-11,14,16-19H2,1H3/t21?,22?,23?,35-/m0/s1. The van der Waals surface area contributed by atoms with Crippen LogP contribution in [0.2, 0.25) is 0 Å². The molecule has 0 saturated carbocycles. The Morgan fingerprint density at radius 3 is 2.73 bits per heavy atom. The molecule has 0 radical (unpaired) electrons. The van der Waals surface area contributed by atoms with E-state index in [9.17, 15) is 13.9 Å². The lowest BCUT2D eigenvalue weighted by Gasteiger charge is -2.34. The Hall–Kier alpha value is -4.07. The zero-order chi connectivity index (χ0) is 30.9. The highest BCUT2D eigenvalue weighted by molar-refractivity contribution is 6.04. The second-order valence-corrected chi connectivity index (χ2v) is 13.1. The van der Waals surface area contributed by atoms with E-state index in [1.165, 1.54) is 6.07 Å². The van der Waals surface area contributed by atoms with Crippen molar-refractivity contribution in [1.29, 1.82) is 0 Å². The summed E-state index contributed by atoms with van der Waals surface area (Å²) in [6.07, 6.45) is 11.9. The number of phenols is 1. The van der Waals surface area contributed by atoms with Gasteiger partial charge in [0.15, 0.2) is 5.82 Å². The first-order valence-electron chi connectivity index (χ1n) is 16.0. The van der Waals surface area contributed by atoms with Gasteiger partial charge in [0.25, 0.3) is 0 Å². The lowest BCUT2D eigenvalue weighted by atomic mass is 9.91. The van der Waals surface area contributed by atoms with Gasteiger partial charge in [0, 0.05) is 55.3 Å². The predicted molar refractivity (Wildman–Crippen MR) is 170 cm³/mol. The zero-order valence-electron chi connectivity index (χ0n) is 25.3. The quantitative estimate of drug-likeness (QED) is 0.291. The van der Waals surface area contributed by atoms with E-state index >= 15 is 0 Å². The maximum atomic E-state index is 15.0. The molecule has 6 heterocycles. The predicted octanol–water partition coefficient (Wildman–Crippen LogP) is 5.13. The van der Waals surface area contributed by atoms with Crippen LogP contribution in [0.15, 0.2) is 30.5 Å². The van der Waals surface area contributed by atoms with E-state index in [0.29, 0.717) is 71.0 Å². The van der Waals surface area contributed by atoms with Crippen LogP contribution in [0.1, 0.15) is 50.2 Å². The van der Waals surface area contributed by atoms with Gasteiger partial charge in [0.1, 0.15) is 35.4 Å². The number of aromatic nitrogens is 3. The van der Waals surface area contributed by atoms with Gasteiger partial charge in [-0.25, -0.2) is 8.78 Å². The maximum absolute atomic E-state index is 15.0. The number of phenolic OH excluding ortho intramolecular Hbond substituents is 1. The van der Waals surface area contributed by atoms with Crippen molar-refractivity contribution in [2.75, 3.05) is 37.7 Å². The van der Waals surface area contributed by atoms with Gasteiger partial charge < -0.3 is 20.1 Å². The number of halogens is 2. The summed E-state index contributed by atoms with van der Waals surface area (Å²) < 4.78 is 35.9. The van der Waals surface area contributed by atoms with Crippen molar-refractivity contribution in [1.82, 2.24) is 25.2 Å². The molecule has 4 aliphatic rings. The topological polar surface area (TPSA) is 86.6 Å². The Morgan fingerprint density at radius 2 is 1.96 bits per heavy atom. The Bertz CT molecular complexity index is 1870. The smallest absolute Gasteiger partial charge is 0.319 e. The molecule has 4 aromatic rings. The number of piperazine rings is 1. The number of ether oxygens (including phenoxy) is 1. The molecule has 3 unspecified atom stereocenters. The van der Waals surface area contributed by atoms with Crippen molar-refractivity contribution in [3.05, 3.63) is 47.4 Å². The zero-order valence-corrected chi connectivity index (χ0v) is 25.3. The fourth-order valence-corrected chi connectivity index (χ4v) is 8.36. The number of nitrogens with zero attached hydrogens (tertiary/aromatic N) is 5. The van der Waals surface area contributed by atoms with Crippen LogP contribution < -0.4 is 15.0 Å². The molecule has 2 aromatic carbocycles. The van der Waals surface area contributed by atoms with Gasteiger partial charge in [-0.3, -0.25) is 9.88 Å². The molecule has 4 saturated heterocycles. The van der Waals surface area contributed by atoms with Crippen LogP contribution in [0.5, 0.6) is 11.8 Å². The number of hydrogen-bond donors (Lipinski definition) is 2. The number of rotatable bonds is 6. The minimum absolute atomic E-state index is 0.0426. The first kappa shape index (κ1) is 28.4. The average molecular weight is 611 g/mol. The van der Waals surface area contributed by atoms with Crippen LogP contribution in [0.4, 0.5) is 14.6 Å². The van der Waals surface area contributed by atoms with Crippen molar-refractivity contribution >= 4 is 27.6 Å². The molecule has 4 atom stereocenters. The Morgan fingerprint density at radius 1 is 1.13 bits per heavy atom. The van der Waals surface area contributed by atoms with Crippen molar-refractivity contribution < 1.29 is 18.6 Å². The van der Waals surface area contributed by atoms with Crippen LogP contribution in [0.25, 0.3) is 32.9 Å². The highest BCUT2D eigenvalue weighted by Gasteiger charge is 2.49. The van der Waals surface area contributed by atoms with Crippen LogP contribution in [-0.4, -0.2) is 81.5 Å². The number of hydrogen-bond acceptors (Lipinski definition) is 8. The van der Waals surface area contributed by atoms with Crippen molar-refractivity contribution in [3.63, 3.8) is 0 Å². The summed E-state index contributed by atoms with van der Waals surface area (Å²) >= 11 is 0. The van der Waals surface area contributed by atoms with Gasteiger partial charge in [-0.2, -0.15) is 9.97 Å². The molecule has 232 valence electrons. The van der Waals surface area contributed by atoms with Crippen LogP contribution >= 0.6 is 0 Å². The number of terminal acetylenes is 1. The number of pyridine rings is 1. The molecule has 10 heteroatoms. The summed E-state index contributed by atoms with van der Waals surface area (Å²) in [5.74, 6) is 2.78. The monoisotopic (exact) mass is 610 g/mol. The lowest BCUT2D eigenvalue weighted by Crippen LogP contribution is -2.51. The molecule has 8 rings (SSSR count). The van der Waals surface area contributed by atoms with E-state index in [1.54, 1.807) is 24.4 Å². The molecule has 4 fully saturated rings. The minimum Gasteiger partial charge on any atom is -0.508 e. The van der Waals surface area contributed by atoms with Crippen LogP contribution in [0, 0.1) is 18.2 Å². The second kappa shape index (κ2) is 10.8. The molecule has 0 spiro atoms. The van der Waals surface area contributed by atoms with E-state index in [4.69, 9.17) is 26.1 Å². The summed E-state index contributed by atoms with van der Waals surface area (Å²) in [4.78, 5) is 19.4. The largest absolute Gasteiger partial charge is 0.508 e. The summed E-state index contributed by atoms with van der Waals surface area (Å²) in [6, 6.07) is 7.15. The molecule has 4 aliphatic heterocycles. The third-order valence-electron chi connectivity index (χ3n) is 10.4. The molecular weight excluding hydrogens is 574 g/mol. The van der Waals surface area contributed by atoms with E-state index < -0.39 is 12.0 Å². The molecule has 2 bridgehead atoms. The van der Waals surface area contributed by atoms with E-state index in [-0.39, 0.29) is 22.9 Å². The molecule has 45 heavy (non-hydrogen) atoms. The Labute approximate surface area is 260 Å². The lowest BCUT2D eigenvalue weighted by molar-refractivity contribution is 0.107. The Balaban J connectivity index is 1.30. The van der Waals surface area contributed by atoms with Crippen LogP contribution in [0.3, 0.4) is 0 Å². The number of aromatic hydroxyl groups is 1. The Kier molecular flexibility index (Phi) is 6.80. The third-order valence-corrected chi connectivity index (χ3v) is 10.4. The fourth-order valence-electron chi connectivity index (χ4n) is 8.36. The fraction of sp³-hybridized carbons (Fsp3) is 0.457. The first-order valence-corrected chi connectivity index (χ1v) is 16.0. The molecule has 0 amide bonds. The van der Waals surface area contributed by atoms with E-state index in [2.05, 4.69) is 21.0 Å². The van der Waals surface area contributed by atoms with E-state index in [0.717, 1.165) is 56.7 Å². The van der Waals surface area contributed by atoms with Gasteiger partial charge in [0.05, 0.1) is 11.1 Å². The molecular formula is C35H36F2N6O2. The van der Waals surface area contributed by atoms with Gasteiger partial charge >= 0.3 is 6.01 Å². The first-order chi connectivity index (χ1) is 21.9. The molecule has 2 aromatic heterocycles. The number of fused-ring (bicyclic) bond motifs is 5. The number of benzene rings is 2. The highest BCUT2D eigenvalue weighted by Crippen LogP contribution is 2.42. The number of aryl methyl sites for hydroxylation is 1. The number of alkyl halides is 1. The highest BCUT2D eigenvalue weighted by atomic mass is 19.1. The molecule has 8 nitrogen and oxygen atoms in total. The van der Waals surface area contributed by atoms with E-state index in [1.807, 2.05) is 6.92 Å². The minimum atomic E-state index is -0.855. The van der Waals surface area contributed by atoms with Gasteiger partial charge in [0.2, 0.25) is 0 Å². The van der Waals surface area contributed by atoms with Crippen LogP contribution in [-0.2, 0) is 6.42 Å². The van der Waals surface area contributed by atoms with Gasteiger partial charge in [-0.15, -0.1) is 6.42 Å². The number of anilines is 1. The van der Waals surface area contributed by atoms with Crippen molar-refractivity contribution in [2.45, 2.75) is 69.2 Å². The van der Waals surface area contributed by atoms with Crippen molar-refractivity contribution in [3.8, 4) is 35.2 Å². The number of nitrogens with one attached hydrogen (secondary N) is 1. The van der Waals surface area contributed by atoms with Gasteiger partial charge in [-0.1, -0.05) is 18.9 Å². The molecule has 0 aliphatic carbocycles. The van der Waals surface area contributed by atoms with Crippen molar-refractivity contribution in [2.24, 2.45) is 0 Å². The molecule has 2 N–H and O–H groups in total. The normalized spacial score (nSPS) is 26.1. The maximum Gasteiger partial charge on any atom is 0.319 e. The summed E-state index contributed by atoms with van der Waals surface area (Å²) in [7, 11) is 0. The third kappa shape index (κ3) is 4.67.